The molecule has 0 amide bonds. The summed E-state index contributed by atoms with van der Waals surface area (Å²) in [6, 6.07) is 8.25. The van der Waals surface area contributed by atoms with Crippen molar-refractivity contribution in [3.63, 3.8) is 0 Å². The minimum Gasteiger partial charge on any atom is -0.388 e. The Morgan fingerprint density at radius 3 is 3.00 bits per heavy atom. The number of nitrogens with one attached hydrogen (secondary N) is 3. The van der Waals surface area contributed by atoms with Gasteiger partial charge in [-0.25, -0.2) is 0 Å². The molecule has 0 saturated carbocycles. The number of morpholine rings is 1. The van der Waals surface area contributed by atoms with Crippen LogP contribution >= 0.6 is 11.3 Å². The molecule has 2 aliphatic rings. The van der Waals surface area contributed by atoms with Crippen molar-refractivity contribution in [2.75, 3.05) is 45.2 Å². The van der Waals surface area contributed by atoms with Gasteiger partial charge in [0.15, 0.2) is 0 Å². The first kappa shape index (κ1) is 19.1. The van der Waals surface area contributed by atoms with Gasteiger partial charge in [0.1, 0.15) is 0 Å². The number of benzene rings is 1. The lowest BCUT2D eigenvalue weighted by molar-refractivity contribution is 0.0443. The molecule has 30 heavy (non-hydrogen) atoms. The summed E-state index contributed by atoms with van der Waals surface area (Å²) in [6.07, 6.45) is 2.25. The van der Waals surface area contributed by atoms with Gasteiger partial charge in [0.2, 0.25) is 0 Å². The molecule has 1 aromatic carbocycles. The van der Waals surface area contributed by atoms with Crippen molar-refractivity contribution >= 4 is 23.2 Å². The molecule has 1 saturated heterocycles. The van der Waals surface area contributed by atoms with Gasteiger partial charge in [-0.15, -0.1) is 11.3 Å². The predicted octanol–water partition coefficient (Wildman–Crippen LogP) is 3.43. The maximum Gasteiger partial charge on any atom is 0.0963 e. The first-order valence-corrected chi connectivity index (χ1v) is 10.9. The van der Waals surface area contributed by atoms with Crippen LogP contribution in [0.2, 0.25) is 0 Å². The Bertz CT molecular complexity index is 1160. The molecule has 3 aromatic rings. The molecular weight excluding hydrogens is 394 g/mol. The van der Waals surface area contributed by atoms with Crippen molar-refractivity contribution in [3.05, 3.63) is 45.1 Å². The molecule has 7 heteroatoms. The molecule has 0 bridgehead atoms. The fraction of sp³-hybridized carbons (Fsp3) is 0.304. The zero-order chi connectivity index (χ0) is 20.5. The van der Waals surface area contributed by atoms with E-state index in [2.05, 4.69) is 44.4 Å². The van der Waals surface area contributed by atoms with Crippen LogP contribution in [0.25, 0.3) is 22.5 Å². The maximum atomic E-state index is 7.54. The van der Waals surface area contributed by atoms with Crippen LogP contribution in [0.15, 0.2) is 24.3 Å². The first-order valence-electron chi connectivity index (χ1n) is 10.1. The molecule has 6 nitrogen and oxygen atoms in total. The second-order valence-corrected chi connectivity index (χ2v) is 8.57. The predicted molar refractivity (Wildman–Crippen MR) is 122 cm³/mol. The van der Waals surface area contributed by atoms with Gasteiger partial charge in [0.05, 0.1) is 36.0 Å². The van der Waals surface area contributed by atoms with Gasteiger partial charge < -0.3 is 15.5 Å². The standard InChI is InChI=1S/C23H23N5OS/c1-25-20-11-15(4-5-16(20)14-24)22-19-13-21-18(23(19)27-26-22)12-17(30-21)3-2-6-28-7-9-29-10-8-28/h4-5,11-12,14,24-25H,6-10,13H2,1H3,(H,26,27). The van der Waals surface area contributed by atoms with Gasteiger partial charge in [0.25, 0.3) is 0 Å². The molecule has 5 rings (SSSR count). The minimum atomic E-state index is 0.797. The van der Waals surface area contributed by atoms with Crippen molar-refractivity contribution in [1.29, 1.82) is 5.41 Å². The molecule has 1 aliphatic carbocycles. The summed E-state index contributed by atoms with van der Waals surface area (Å²) in [5.74, 6) is 6.66. The van der Waals surface area contributed by atoms with E-state index in [1.807, 2.05) is 19.2 Å². The number of hydrogen-bond acceptors (Lipinski definition) is 6. The highest BCUT2D eigenvalue weighted by atomic mass is 32.1. The topological polar surface area (TPSA) is 77.0 Å². The smallest absolute Gasteiger partial charge is 0.0963 e. The van der Waals surface area contributed by atoms with Crippen LogP contribution in [0.5, 0.6) is 0 Å². The van der Waals surface area contributed by atoms with Gasteiger partial charge in [-0.3, -0.25) is 10.00 Å². The third-order valence-corrected chi connectivity index (χ3v) is 6.70. The lowest BCUT2D eigenvalue weighted by Gasteiger charge is -2.24. The number of hydrogen-bond donors (Lipinski definition) is 3. The van der Waals surface area contributed by atoms with Crippen molar-refractivity contribution in [2.45, 2.75) is 6.42 Å². The van der Waals surface area contributed by atoms with Crippen LogP contribution in [0, 0.1) is 17.3 Å². The molecule has 1 fully saturated rings. The van der Waals surface area contributed by atoms with E-state index in [9.17, 15) is 0 Å². The Labute approximate surface area is 179 Å². The molecular formula is C23H23N5OS. The number of H-pyrrole nitrogens is 1. The van der Waals surface area contributed by atoms with Crippen molar-refractivity contribution in [3.8, 4) is 34.4 Å². The van der Waals surface area contributed by atoms with Gasteiger partial charge in [0, 0.05) is 65.6 Å². The fourth-order valence-corrected chi connectivity index (χ4v) is 5.09. The number of ether oxygens (including phenoxy) is 1. The molecule has 0 atom stereocenters. The quantitative estimate of drug-likeness (QED) is 0.351. The summed E-state index contributed by atoms with van der Waals surface area (Å²) >= 11 is 1.78. The zero-order valence-corrected chi connectivity index (χ0v) is 17.7. The van der Waals surface area contributed by atoms with Crippen LogP contribution in [0.3, 0.4) is 0 Å². The Morgan fingerprint density at radius 1 is 1.33 bits per heavy atom. The summed E-state index contributed by atoms with van der Waals surface area (Å²) in [7, 11) is 1.88. The highest BCUT2D eigenvalue weighted by Crippen LogP contribution is 2.44. The monoisotopic (exact) mass is 417 g/mol. The first-order chi connectivity index (χ1) is 14.8. The number of fused-ring (bicyclic) bond motifs is 3. The maximum absolute atomic E-state index is 7.54. The number of aromatic nitrogens is 2. The van der Waals surface area contributed by atoms with E-state index in [1.54, 1.807) is 11.3 Å². The summed E-state index contributed by atoms with van der Waals surface area (Å²) in [5, 5.41) is 18.6. The Hall–Kier alpha value is -2.92. The average Bonchev–Trinajstić information content (AvgIpc) is 3.45. The molecule has 2 aromatic heterocycles. The van der Waals surface area contributed by atoms with Gasteiger partial charge >= 0.3 is 0 Å². The van der Waals surface area contributed by atoms with Crippen LogP contribution in [-0.2, 0) is 11.2 Å². The van der Waals surface area contributed by atoms with E-state index in [4.69, 9.17) is 10.1 Å². The molecule has 1 aliphatic heterocycles. The second kappa shape index (κ2) is 8.07. The third-order valence-electron chi connectivity index (χ3n) is 5.65. The number of rotatable bonds is 4. The van der Waals surface area contributed by atoms with Crippen LogP contribution in [0.4, 0.5) is 5.69 Å². The second-order valence-electron chi connectivity index (χ2n) is 7.44. The number of nitrogens with zero attached hydrogens (tertiary/aromatic N) is 2. The largest absolute Gasteiger partial charge is 0.388 e. The molecule has 3 heterocycles. The summed E-state index contributed by atoms with van der Waals surface area (Å²) in [5.41, 5.74) is 7.44. The minimum absolute atomic E-state index is 0.797. The normalized spacial score (nSPS) is 15.2. The fourth-order valence-electron chi connectivity index (χ4n) is 4.04. The highest BCUT2D eigenvalue weighted by Gasteiger charge is 2.27. The number of anilines is 1. The molecule has 0 radical (unpaired) electrons. The van der Waals surface area contributed by atoms with Crippen molar-refractivity contribution in [2.24, 2.45) is 0 Å². The summed E-state index contributed by atoms with van der Waals surface area (Å²) < 4.78 is 5.39. The van der Waals surface area contributed by atoms with Crippen LogP contribution in [-0.4, -0.2) is 61.2 Å². The third kappa shape index (κ3) is 3.43. The van der Waals surface area contributed by atoms with E-state index in [-0.39, 0.29) is 0 Å². The Balaban J connectivity index is 1.37. The van der Waals surface area contributed by atoms with Gasteiger partial charge in [-0.1, -0.05) is 24.0 Å². The summed E-state index contributed by atoms with van der Waals surface area (Å²) in [6.45, 7) is 4.34. The molecule has 3 N–H and O–H groups in total. The molecule has 0 unspecified atom stereocenters. The van der Waals surface area contributed by atoms with Crippen LogP contribution in [0.1, 0.15) is 20.9 Å². The van der Waals surface area contributed by atoms with Gasteiger partial charge in [-0.2, -0.15) is 5.10 Å². The van der Waals surface area contributed by atoms with E-state index in [1.165, 1.54) is 22.2 Å². The van der Waals surface area contributed by atoms with E-state index < -0.39 is 0 Å². The van der Waals surface area contributed by atoms with Crippen molar-refractivity contribution in [1.82, 2.24) is 15.1 Å². The SMILES string of the molecule is CNc1cc(-c2n[nH]c3c2Cc2sc(C#CCN4CCOCC4)cc2-3)ccc1C=N. The highest BCUT2D eigenvalue weighted by molar-refractivity contribution is 7.13. The molecule has 152 valence electrons. The summed E-state index contributed by atoms with van der Waals surface area (Å²) in [4.78, 5) is 4.80. The lowest BCUT2D eigenvalue weighted by atomic mass is 10.0. The Kier molecular flexibility index (Phi) is 5.13. The number of aromatic amines is 1. The van der Waals surface area contributed by atoms with Crippen molar-refractivity contribution < 1.29 is 4.74 Å². The molecule has 0 spiro atoms. The van der Waals surface area contributed by atoms with Crippen LogP contribution < -0.4 is 5.32 Å². The van der Waals surface area contributed by atoms with E-state index in [0.717, 1.165) is 72.3 Å². The zero-order valence-electron chi connectivity index (χ0n) is 16.8. The number of thiophene rings is 1. The average molecular weight is 418 g/mol. The lowest BCUT2D eigenvalue weighted by Crippen LogP contribution is -2.36. The van der Waals surface area contributed by atoms with E-state index in [0.29, 0.717) is 0 Å². The van der Waals surface area contributed by atoms with Gasteiger partial charge in [-0.05, 0) is 12.1 Å². The Morgan fingerprint density at radius 2 is 2.20 bits per heavy atom. The van der Waals surface area contributed by atoms with E-state index >= 15 is 0 Å².